The van der Waals surface area contributed by atoms with Gasteiger partial charge in [0, 0.05) is 101 Å². The van der Waals surface area contributed by atoms with Gasteiger partial charge in [0.05, 0.1) is 4.92 Å². The Morgan fingerprint density at radius 1 is 0.928 bits per heavy atom. The Kier molecular flexibility index (Phi) is 14.7. The molecule has 3 heterocycles. The number of carbonyl (C=O) groups excluding carboxylic acids is 2. The second kappa shape index (κ2) is 20.3. The van der Waals surface area contributed by atoms with E-state index in [0.717, 1.165) is 61.8 Å². The van der Waals surface area contributed by atoms with Gasteiger partial charge < -0.3 is 33.1 Å². The normalized spacial score (nSPS) is 18.1. The molecule has 0 unspecified atom stereocenters. The Bertz CT molecular complexity index is 2720. The van der Waals surface area contributed by atoms with Crippen LogP contribution in [-0.2, 0) is 36.7 Å². The van der Waals surface area contributed by atoms with E-state index in [1.807, 2.05) is 39.0 Å². The van der Waals surface area contributed by atoms with Crippen molar-refractivity contribution in [2.24, 2.45) is 5.41 Å². The van der Waals surface area contributed by atoms with Crippen molar-refractivity contribution < 1.29 is 41.3 Å². The van der Waals surface area contributed by atoms with Crippen LogP contribution in [0.4, 0.5) is 21.9 Å². The first-order chi connectivity index (χ1) is 32.7. The van der Waals surface area contributed by atoms with Crippen LogP contribution in [0.5, 0.6) is 11.5 Å². The first kappa shape index (κ1) is 49.7. The fraction of sp³-hybridized carbons (Fsp3) is 0.462. The van der Waals surface area contributed by atoms with Crippen LogP contribution in [0.2, 0.25) is 5.02 Å². The average molecular weight is 985 g/mol. The van der Waals surface area contributed by atoms with Gasteiger partial charge in [0.1, 0.15) is 33.2 Å². The highest BCUT2D eigenvalue weighted by molar-refractivity contribution is 7.87. The molecule has 0 spiro atoms. The maximum absolute atomic E-state index is 14.1. The highest BCUT2D eigenvalue weighted by Gasteiger charge is 2.33. The van der Waals surface area contributed by atoms with Crippen molar-refractivity contribution in [1.82, 2.24) is 9.80 Å². The minimum atomic E-state index is -4.86. The highest BCUT2D eigenvalue weighted by atomic mass is 35.5. The van der Waals surface area contributed by atoms with Gasteiger partial charge in [-0.15, -0.1) is 0 Å². The number of nitro benzene ring substituents is 1. The van der Waals surface area contributed by atoms with Crippen LogP contribution in [0.25, 0.3) is 5.57 Å². The number of allylic oxidation sites excluding steroid dienone is 1. The van der Waals surface area contributed by atoms with Crippen LogP contribution in [0, 0.1) is 15.5 Å². The number of anilines is 2. The number of halogens is 1. The lowest BCUT2D eigenvalue weighted by molar-refractivity contribution is -0.384. The molecule has 4 aromatic carbocycles. The summed E-state index contributed by atoms with van der Waals surface area (Å²) in [4.78, 5) is 46.4. The maximum Gasteiger partial charge on any atom is 0.410 e. The molecule has 4 aliphatic rings. The van der Waals surface area contributed by atoms with Gasteiger partial charge in [-0.2, -0.15) is 8.42 Å². The molecule has 1 aliphatic carbocycles. The van der Waals surface area contributed by atoms with Crippen molar-refractivity contribution in [1.29, 1.82) is 0 Å². The molecule has 0 bridgehead atoms. The molecule has 368 valence electrons. The van der Waals surface area contributed by atoms with Crippen molar-refractivity contribution in [2.45, 2.75) is 96.2 Å². The minimum Gasteiger partial charge on any atom is -0.456 e. The van der Waals surface area contributed by atoms with Gasteiger partial charge in [0.25, 0.3) is 5.69 Å². The molecule has 1 amide bonds. The van der Waals surface area contributed by atoms with Crippen molar-refractivity contribution in [3.63, 3.8) is 0 Å². The molecule has 0 atom stereocenters. The summed E-state index contributed by atoms with van der Waals surface area (Å²) in [7, 11) is -3.14. The van der Waals surface area contributed by atoms with Gasteiger partial charge in [-0.3, -0.25) is 15.0 Å². The maximum atomic E-state index is 14.1. The molecule has 4 aromatic rings. The molecule has 17 heteroatoms. The van der Waals surface area contributed by atoms with Crippen LogP contribution in [0.15, 0.2) is 89.3 Å². The van der Waals surface area contributed by atoms with E-state index in [4.69, 9.17) is 30.0 Å². The molecule has 69 heavy (non-hydrogen) atoms. The van der Waals surface area contributed by atoms with Gasteiger partial charge in [-0.1, -0.05) is 55.3 Å². The summed E-state index contributed by atoms with van der Waals surface area (Å²) in [5.74, 6) is -0.704. The Labute approximate surface area is 410 Å². The average Bonchev–Trinajstić information content (AvgIpc) is 3.31. The Hall–Kier alpha value is -5.68. The van der Waals surface area contributed by atoms with Gasteiger partial charge in [0.15, 0.2) is 0 Å². The van der Waals surface area contributed by atoms with Crippen molar-refractivity contribution in [2.75, 3.05) is 69.3 Å². The number of hydrogen-bond acceptors (Lipinski definition) is 13. The third-order valence-electron chi connectivity index (χ3n) is 13.5. The SMILES string of the molecule is CN(c1ccc(S(=O)(=O)OC(=O)c2ccc(N3CCN(CC4=C(c5ccc(Cl)cc5)CC(C)(C)CC4)CC3)cc2Oc2cccc3c2CCN(C(=O)OC(C)(C)C)C3)cc1[N+](=O)[O-])C1CCOCC1. The number of nitro groups is 1. The molecule has 0 aromatic heterocycles. The van der Waals surface area contributed by atoms with Crippen LogP contribution >= 0.6 is 11.6 Å². The fourth-order valence-corrected chi connectivity index (χ4v) is 10.7. The molecular formula is C52H62ClN5O10S. The minimum absolute atomic E-state index is 0.0388. The first-order valence-electron chi connectivity index (χ1n) is 23.7. The fourth-order valence-electron chi connectivity index (χ4n) is 9.69. The number of benzene rings is 4. The van der Waals surface area contributed by atoms with E-state index in [1.165, 1.54) is 34.9 Å². The molecule has 0 radical (unpaired) electrons. The van der Waals surface area contributed by atoms with E-state index in [9.17, 15) is 28.1 Å². The lowest BCUT2D eigenvalue weighted by atomic mass is 9.72. The number of hydrogen-bond donors (Lipinski definition) is 0. The van der Waals surface area contributed by atoms with Gasteiger partial charge in [-0.25, -0.2) is 9.59 Å². The Morgan fingerprint density at radius 2 is 1.65 bits per heavy atom. The number of rotatable bonds is 12. The number of ether oxygens (including phenoxy) is 3. The molecule has 8 rings (SSSR count). The summed E-state index contributed by atoms with van der Waals surface area (Å²) >= 11 is 6.27. The predicted octanol–water partition coefficient (Wildman–Crippen LogP) is 10.3. The number of carbonyl (C=O) groups is 2. The molecule has 0 saturated carbocycles. The van der Waals surface area contributed by atoms with E-state index in [1.54, 1.807) is 41.1 Å². The topological polar surface area (TPSA) is 161 Å². The van der Waals surface area contributed by atoms with Crippen molar-refractivity contribution in [3.05, 3.63) is 122 Å². The standard InChI is InChI=1S/C52H62ClN5O10S/c1-51(2,3)67-50(60)57-23-19-42-36(34-57)8-7-9-47(42)66-48-30-40(56-26-24-55(25-27-56)33-37-18-22-52(4,5)32-44(37)35-10-12-38(53)13-11-35)14-16-43(48)49(59)68-69(63,64)41-15-17-45(46(31-41)58(61)62)54(6)39-20-28-65-29-21-39/h7-17,30-31,39H,18-29,32-34H2,1-6H3. The van der Waals surface area contributed by atoms with Gasteiger partial charge >= 0.3 is 22.2 Å². The number of piperazine rings is 1. The number of amides is 1. The summed E-state index contributed by atoms with van der Waals surface area (Å²) in [6.07, 6.45) is 4.47. The third kappa shape index (κ3) is 11.9. The largest absolute Gasteiger partial charge is 0.456 e. The quantitative estimate of drug-likeness (QED) is 0.0750. The predicted molar refractivity (Wildman–Crippen MR) is 266 cm³/mol. The summed E-state index contributed by atoms with van der Waals surface area (Å²) < 4.78 is 50.7. The lowest BCUT2D eigenvalue weighted by Crippen LogP contribution is -2.47. The lowest BCUT2D eigenvalue weighted by Gasteiger charge is -2.39. The molecule has 15 nitrogen and oxygen atoms in total. The monoisotopic (exact) mass is 983 g/mol. The zero-order valence-electron chi connectivity index (χ0n) is 40.3. The molecular weight excluding hydrogens is 922 g/mol. The second-order valence-electron chi connectivity index (χ2n) is 20.2. The van der Waals surface area contributed by atoms with E-state index >= 15 is 0 Å². The third-order valence-corrected chi connectivity index (χ3v) is 15.0. The van der Waals surface area contributed by atoms with Gasteiger partial charge in [0.2, 0.25) is 0 Å². The molecule has 3 aliphatic heterocycles. The number of fused-ring (bicyclic) bond motifs is 1. The van der Waals surface area contributed by atoms with Crippen molar-refractivity contribution in [3.8, 4) is 11.5 Å². The zero-order valence-corrected chi connectivity index (χ0v) is 41.9. The van der Waals surface area contributed by atoms with Gasteiger partial charge in [-0.05, 0) is 124 Å². The van der Waals surface area contributed by atoms with Crippen LogP contribution in [0.3, 0.4) is 0 Å². The Morgan fingerprint density at radius 3 is 2.35 bits per heavy atom. The smallest absolute Gasteiger partial charge is 0.410 e. The van der Waals surface area contributed by atoms with E-state index in [2.05, 4.69) is 35.8 Å². The zero-order chi connectivity index (χ0) is 49.3. The molecule has 0 N–H and O–H groups in total. The van der Waals surface area contributed by atoms with E-state index < -0.39 is 43.3 Å². The van der Waals surface area contributed by atoms with Crippen molar-refractivity contribution >= 4 is 56.4 Å². The summed E-state index contributed by atoms with van der Waals surface area (Å²) in [5, 5.41) is 13.0. The van der Waals surface area contributed by atoms with E-state index in [0.29, 0.717) is 62.9 Å². The number of nitrogens with zero attached hydrogens (tertiary/aromatic N) is 5. The Balaban J connectivity index is 1.05. The van der Waals surface area contributed by atoms with E-state index in [-0.39, 0.29) is 35.0 Å². The summed E-state index contributed by atoms with van der Waals surface area (Å²) in [6, 6.07) is 22.1. The summed E-state index contributed by atoms with van der Waals surface area (Å²) in [5.41, 5.74) is 5.69. The second-order valence-corrected chi connectivity index (χ2v) is 22.2. The van der Waals surface area contributed by atoms with Crippen LogP contribution in [-0.4, -0.2) is 106 Å². The van der Waals surface area contributed by atoms with Crippen LogP contribution < -0.4 is 14.5 Å². The van der Waals surface area contributed by atoms with Crippen LogP contribution in [0.1, 0.15) is 93.8 Å². The molecule has 2 fully saturated rings. The first-order valence-corrected chi connectivity index (χ1v) is 25.4. The molecule has 2 saturated heterocycles. The summed E-state index contributed by atoms with van der Waals surface area (Å²) in [6.45, 7) is 15.6. The highest BCUT2D eigenvalue weighted by Crippen LogP contribution is 2.44.